The summed E-state index contributed by atoms with van der Waals surface area (Å²) in [5.74, 6) is 0. The fraction of sp³-hybridized carbons (Fsp3) is 0.500. The Balaban J connectivity index is 3.35. The Kier molecular flexibility index (Phi) is 3.76. The number of hydrogen-bond donors (Lipinski definition) is 1. The zero-order valence-corrected chi connectivity index (χ0v) is 10.8. The van der Waals surface area contributed by atoms with Crippen LogP contribution in [-0.4, -0.2) is 8.42 Å². The first kappa shape index (κ1) is 13.2. The predicted molar refractivity (Wildman–Crippen MR) is 65.7 cm³/mol. The van der Waals surface area contributed by atoms with Gasteiger partial charge in [0.2, 0.25) is 10.0 Å². The van der Waals surface area contributed by atoms with Gasteiger partial charge in [0.1, 0.15) is 0 Å². The van der Waals surface area contributed by atoms with E-state index in [2.05, 4.69) is 6.92 Å². The minimum Gasteiger partial charge on any atom is -0.225 e. The fourth-order valence-corrected chi connectivity index (χ4v) is 2.95. The summed E-state index contributed by atoms with van der Waals surface area (Å²) in [4.78, 5) is 0.244. The summed E-state index contributed by atoms with van der Waals surface area (Å²) in [6, 6.07) is 6.96. The topological polar surface area (TPSA) is 60.2 Å². The third-order valence-electron chi connectivity index (χ3n) is 2.80. The molecule has 0 heterocycles. The molecule has 0 saturated carbocycles. The average Bonchev–Trinajstić information content (AvgIpc) is 2.16. The van der Waals surface area contributed by atoms with E-state index >= 15 is 0 Å². The van der Waals surface area contributed by atoms with Crippen molar-refractivity contribution >= 4 is 10.0 Å². The average molecular weight is 241 g/mol. The van der Waals surface area contributed by atoms with Gasteiger partial charge in [0, 0.05) is 0 Å². The first-order chi connectivity index (χ1) is 7.29. The second-order valence-corrected chi connectivity index (χ2v) is 6.20. The predicted octanol–water partition coefficient (Wildman–Crippen LogP) is 2.41. The highest BCUT2D eigenvalue weighted by Gasteiger charge is 2.26. The zero-order chi connectivity index (χ0) is 12.4. The lowest BCUT2D eigenvalue weighted by atomic mass is 9.81. The highest BCUT2D eigenvalue weighted by Crippen LogP contribution is 2.32. The number of benzene rings is 1. The van der Waals surface area contributed by atoms with Crippen LogP contribution < -0.4 is 5.14 Å². The third kappa shape index (κ3) is 2.83. The van der Waals surface area contributed by atoms with Gasteiger partial charge in [-0.25, -0.2) is 13.6 Å². The maximum atomic E-state index is 11.5. The summed E-state index contributed by atoms with van der Waals surface area (Å²) in [5, 5.41) is 5.22. The molecule has 0 atom stereocenters. The first-order valence-corrected chi connectivity index (χ1v) is 6.96. The molecule has 90 valence electrons. The van der Waals surface area contributed by atoms with Gasteiger partial charge in [0.25, 0.3) is 0 Å². The van der Waals surface area contributed by atoms with Gasteiger partial charge >= 0.3 is 0 Å². The van der Waals surface area contributed by atoms with E-state index in [1.54, 1.807) is 12.1 Å². The number of primary sulfonamides is 1. The second-order valence-electron chi connectivity index (χ2n) is 4.68. The Labute approximate surface area is 97.7 Å². The summed E-state index contributed by atoms with van der Waals surface area (Å²) in [6.45, 7) is 6.17. The molecule has 0 unspecified atom stereocenters. The highest BCUT2D eigenvalue weighted by atomic mass is 32.2. The molecule has 0 aromatic heterocycles. The molecular formula is C12H19NO2S. The molecule has 2 N–H and O–H groups in total. The summed E-state index contributed by atoms with van der Waals surface area (Å²) in [6.07, 6.45) is 1.94. The van der Waals surface area contributed by atoms with Crippen molar-refractivity contribution in [2.24, 2.45) is 5.14 Å². The van der Waals surface area contributed by atoms with Gasteiger partial charge < -0.3 is 0 Å². The van der Waals surface area contributed by atoms with Crippen LogP contribution in [0.1, 0.15) is 39.2 Å². The monoisotopic (exact) mass is 241 g/mol. The van der Waals surface area contributed by atoms with E-state index in [0.29, 0.717) is 0 Å². The van der Waals surface area contributed by atoms with Gasteiger partial charge in [-0.05, 0) is 23.5 Å². The zero-order valence-electron chi connectivity index (χ0n) is 10.0. The van der Waals surface area contributed by atoms with E-state index in [9.17, 15) is 8.42 Å². The minimum atomic E-state index is -3.63. The summed E-state index contributed by atoms with van der Waals surface area (Å²) >= 11 is 0. The maximum Gasteiger partial charge on any atom is 0.238 e. The molecule has 1 rings (SSSR count). The van der Waals surface area contributed by atoms with E-state index in [4.69, 9.17) is 5.14 Å². The lowest BCUT2D eigenvalue weighted by Gasteiger charge is -2.26. The molecule has 4 heteroatoms. The van der Waals surface area contributed by atoms with E-state index in [1.807, 2.05) is 26.0 Å². The molecule has 16 heavy (non-hydrogen) atoms. The summed E-state index contributed by atoms with van der Waals surface area (Å²) < 4.78 is 23.0. The Morgan fingerprint density at radius 3 is 2.31 bits per heavy atom. The molecule has 0 bridgehead atoms. The Morgan fingerprint density at radius 1 is 1.25 bits per heavy atom. The van der Waals surface area contributed by atoms with E-state index < -0.39 is 10.0 Å². The van der Waals surface area contributed by atoms with Crippen LogP contribution in [0.3, 0.4) is 0 Å². The van der Waals surface area contributed by atoms with E-state index in [0.717, 1.165) is 18.4 Å². The van der Waals surface area contributed by atoms with Gasteiger partial charge in [0.15, 0.2) is 0 Å². The second kappa shape index (κ2) is 4.55. The lowest BCUT2D eigenvalue weighted by molar-refractivity contribution is 0.462. The van der Waals surface area contributed by atoms with Gasteiger partial charge in [-0.1, -0.05) is 45.4 Å². The number of rotatable bonds is 4. The van der Waals surface area contributed by atoms with Crippen LogP contribution in [0, 0.1) is 0 Å². The van der Waals surface area contributed by atoms with Crippen molar-refractivity contribution in [2.45, 2.75) is 43.9 Å². The van der Waals surface area contributed by atoms with Gasteiger partial charge in [-0.3, -0.25) is 0 Å². The van der Waals surface area contributed by atoms with Crippen LogP contribution in [0.4, 0.5) is 0 Å². The Morgan fingerprint density at radius 2 is 1.81 bits per heavy atom. The standard InChI is InChI=1S/C12H19NO2S/c1-4-9-12(2,3)10-7-5-6-8-11(10)16(13,14)15/h5-8H,4,9H2,1-3H3,(H2,13,14,15). The lowest BCUT2D eigenvalue weighted by Crippen LogP contribution is -2.23. The SMILES string of the molecule is CCCC(C)(C)c1ccccc1S(N)(=O)=O. The Bertz CT molecular complexity index is 464. The van der Waals surface area contributed by atoms with Crippen LogP contribution in [-0.2, 0) is 15.4 Å². The van der Waals surface area contributed by atoms with Gasteiger partial charge in [0.05, 0.1) is 4.90 Å². The van der Waals surface area contributed by atoms with Crippen LogP contribution in [0.2, 0.25) is 0 Å². The molecular weight excluding hydrogens is 222 g/mol. The van der Waals surface area contributed by atoms with Crippen molar-refractivity contribution in [1.82, 2.24) is 0 Å². The quantitative estimate of drug-likeness (QED) is 0.880. The molecule has 0 saturated heterocycles. The molecule has 0 spiro atoms. The first-order valence-electron chi connectivity index (χ1n) is 5.41. The molecule has 0 radical (unpaired) electrons. The number of hydrogen-bond acceptors (Lipinski definition) is 2. The van der Waals surface area contributed by atoms with Crippen molar-refractivity contribution in [3.8, 4) is 0 Å². The summed E-state index contributed by atoms with van der Waals surface area (Å²) in [5.41, 5.74) is 0.636. The number of nitrogens with two attached hydrogens (primary N) is 1. The van der Waals surface area contributed by atoms with Gasteiger partial charge in [-0.2, -0.15) is 0 Å². The third-order valence-corrected chi connectivity index (χ3v) is 3.77. The molecule has 0 aliphatic carbocycles. The van der Waals surface area contributed by atoms with Crippen molar-refractivity contribution in [2.75, 3.05) is 0 Å². The molecule has 0 fully saturated rings. The Hall–Kier alpha value is -0.870. The largest absolute Gasteiger partial charge is 0.238 e. The molecule has 1 aromatic carbocycles. The van der Waals surface area contributed by atoms with Crippen molar-refractivity contribution < 1.29 is 8.42 Å². The van der Waals surface area contributed by atoms with Crippen LogP contribution >= 0.6 is 0 Å². The molecule has 3 nitrogen and oxygen atoms in total. The van der Waals surface area contributed by atoms with Gasteiger partial charge in [-0.15, -0.1) is 0 Å². The fourth-order valence-electron chi connectivity index (χ4n) is 2.03. The van der Waals surface area contributed by atoms with Crippen molar-refractivity contribution in [3.63, 3.8) is 0 Å². The maximum absolute atomic E-state index is 11.5. The van der Waals surface area contributed by atoms with Crippen molar-refractivity contribution in [3.05, 3.63) is 29.8 Å². The van der Waals surface area contributed by atoms with E-state index in [-0.39, 0.29) is 10.3 Å². The molecule has 1 aromatic rings. The van der Waals surface area contributed by atoms with Crippen LogP contribution in [0.5, 0.6) is 0 Å². The van der Waals surface area contributed by atoms with Crippen LogP contribution in [0.25, 0.3) is 0 Å². The summed E-state index contributed by atoms with van der Waals surface area (Å²) in [7, 11) is -3.63. The molecule has 0 aliphatic heterocycles. The smallest absolute Gasteiger partial charge is 0.225 e. The van der Waals surface area contributed by atoms with Crippen LogP contribution in [0.15, 0.2) is 29.2 Å². The highest BCUT2D eigenvalue weighted by molar-refractivity contribution is 7.89. The minimum absolute atomic E-state index is 0.169. The van der Waals surface area contributed by atoms with Crippen molar-refractivity contribution in [1.29, 1.82) is 0 Å². The molecule has 0 aliphatic rings. The van der Waals surface area contributed by atoms with E-state index in [1.165, 1.54) is 0 Å². The normalized spacial score (nSPS) is 12.8. The number of sulfonamides is 1. The molecule has 0 amide bonds.